The fourth-order valence-corrected chi connectivity index (χ4v) is 5.94. The fraction of sp³-hybridized carbons (Fsp3) is 0.571. The highest BCUT2D eigenvalue weighted by Gasteiger charge is 2.51. The highest BCUT2D eigenvalue weighted by Crippen LogP contribution is 2.55. The van der Waals surface area contributed by atoms with E-state index < -0.39 is 17.9 Å². The summed E-state index contributed by atoms with van der Waals surface area (Å²) in [5, 5.41) is 5.62. The van der Waals surface area contributed by atoms with E-state index in [1.807, 2.05) is 0 Å². The molecule has 0 aliphatic heterocycles. The van der Waals surface area contributed by atoms with Crippen LogP contribution in [0.5, 0.6) is 5.75 Å². The van der Waals surface area contributed by atoms with Crippen LogP contribution in [0, 0.1) is 17.8 Å². The Hall–Kier alpha value is -2.28. The van der Waals surface area contributed by atoms with Gasteiger partial charge in [0, 0.05) is 5.54 Å². The maximum Gasteiger partial charge on any atom is 0.337 e. The second-order valence-corrected chi connectivity index (χ2v) is 9.03. The molecule has 1 aromatic carbocycles. The Bertz CT molecular complexity index is 805. The molecule has 1 aromatic rings. The van der Waals surface area contributed by atoms with Gasteiger partial charge in [0.05, 0.1) is 17.7 Å². The van der Waals surface area contributed by atoms with Crippen LogP contribution in [0.25, 0.3) is 0 Å². The molecule has 0 atom stereocenters. The molecule has 0 unspecified atom stereocenters. The Kier molecular flexibility index (Phi) is 5.42. The van der Waals surface area contributed by atoms with Gasteiger partial charge in [0.1, 0.15) is 5.75 Å². The molecular weight excluding hydrogens is 396 g/mol. The van der Waals surface area contributed by atoms with Gasteiger partial charge in [0.25, 0.3) is 5.91 Å². The summed E-state index contributed by atoms with van der Waals surface area (Å²) in [6.45, 7) is -0.356. The highest BCUT2D eigenvalue weighted by molar-refractivity contribution is 6.32. The summed E-state index contributed by atoms with van der Waals surface area (Å²) in [5.41, 5.74) is 0.122. The predicted octanol–water partition coefficient (Wildman–Crippen LogP) is 3.30. The molecule has 4 fully saturated rings. The first kappa shape index (κ1) is 20.0. The lowest BCUT2D eigenvalue weighted by molar-refractivity contribution is -0.122. The second-order valence-electron chi connectivity index (χ2n) is 8.63. The lowest BCUT2D eigenvalue weighted by Crippen LogP contribution is -2.62. The van der Waals surface area contributed by atoms with Gasteiger partial charge in [-0.2, -0.15) is 0 Å². The first-order chi connectivity index (χ1) is 13.9. The summed E-state index contributed by atoms with van der Waals surface area (Å²) in [5.74, 6) is 1.29. The van der Waals surface area contributed by atoms with E-state index >= 15 is 0 Å². The van der Waals surface area contributed by atoms with Gasteiger partial charge in [-0.25, -0.2) is 9.59 Å². The summed E-state index contributed by atoms with van der Waals surface area (Å²) in [6, 6.07) is 3.91. The molecule has 0 radical (unpaired) electrons. The van der Waals surface area contributed by atoms with Gasteiger partial charge in [-0.05, 0) is 74.5 Å². The van der Waals surface area contributed by atoms with Crippen LogP contribution in [0.2, 0.25) is 5.02 Å². The third-order valence-electron chi connectivity index (χ3n) is 6.38. The van der Waals surface area contributed by atoms with E-state index in [0.717, 1.165) is 19.3 Å². The van der Waals surface area contributed by atoms with Gasteiger partial charge in [-0.1, -0.05) is 11.6 Å². The molecule has 2 N–H and O–H groups in total. The molecular formula is C21H25ClN2O5. The Morgan fingerprint density at radius 2 is 1.72 bits per heavy atom. The van der Waals surface area contributed by atoms with Crippen molar-refractivity contribution >= 4 is 29.5 Å². The number of nitrogens with one attached hydrogen (secondary N) is 2. The number of urea groups is 1. The van der Waals surface area contributed by atoms with Crippen LogP contribution >= 0.6 is 11.6 Å². The quantitative estimate of drug-likeness (QED) is 0.713. The molecule has 0 heterocycles. The summed E-state index contributed by atoms with van der Waals surface area (Å²) < 4.78 is 10.0. The van der Waals surface area contributed by atoms with Gasteiger partial charge in [0.15, 0.2) is 6.61 Å². The minimum absolute atomic E-state index is 0.160. The van der Waals surface area contributed by atoms with Crippen LogP contribution in [0.1, 0.15) is 48.9 Å². The van der Waals surface area contributed by atoms with Gasteiger partial charge < -0.3 is 14.8 Å². The lowest BCUT2D eigenvalue weighted by atomic mass is 9.53. The van der Waals surface area contributed by atoms with Crippen LogP contribution in [-0.4, -0.2) is 37.2 Å². The monoisotopic (exact) mass is 420 g/mol. The van der Waals surface area contributed by atoms with Crippen molar-refractivity contribution in [3.05, 3.63) is 28.8 Å². The summed E-state index contributed by atoms with van der Waals surface area (Å²) in [6.07, 6.45) is 6.89. The van der Waals surface area contributed by atoms with Crippen LogP contribution in [-0.2, 0) is 9.53 Å². The van der Waals surface area contributed by atoms with Gasteiger partial charge >= 0.3 is 12.0 Å². The summed E-state index contributed by atoms with van der Waals surface area (Å²) in [7, 11) is 1.28. The van der Waals surface area contributed by atoms with E-state index in [9.17, 15) is 14.4 Å². The third-order valence-corrected chi connectivity index (χ3v) is 6.68. The van der Waals surface area contributed by atoms with Crippen molar-refractivity contribution < 1.29 is 23.9 Å². The topological polar surface area (TPSA) is 93.7 Å². The molecule has 4 aliphatic carbocycles. The molecule has 29 heavy (non-hydrogen) atoms. The van der Waals surface area contributed by atoms with Crippen LogP contribution in [0.4, 0.5) is 4.79 Å². The molecule has 8 heteroatoms. The number of hydrogen-bond acceptors (Lipinski definition) is 5. The molecule has 156 valence electrons. The van der Waals surface area contributed by atoms with Crippen LogP contribution in [0.15, 0.2) is 18.2 Å². The van der Waals surface area contributed by atoms with Gasteiger partial charge in [-0.15, -0.1) is 0 Å². The van der Waals surface area contributed by atoms with Crippen molar-refractivity contribution in [2.75, 3.05) is 13.7 Å². The summed E-state index contributed by atoms with van der Waals surface area (Å²) >= 11 is 6.08. The molecule has 0 spiro atoms. The minimum Gasteiger partial charge on any atom is -0.482 e. The zero-order chi connectivity index (χ0) is 20.6. The number of ether oxygens (including phenoxy) is 2. The Morgan fingerprint density at radius 3 is 2.28 bits per heavy atom. The molecule has 5 rings (SSSR count). The van der Waals surface area contributed by atoms with Crippen LogP contribution in [0.3, 0.4) is 0 Å². The first-order valence-corrected chi connectivity index (χ1v) is 10.4. The van der Waals surface area contributed by atoms with Gasteiger partial charge in [-0.3, -0.25) is 10.1 Å². The smallest absolute Gasteiger partial charge is 0.337 e. The molecule has 7 nitrogen and oxygen atoms in total. The van der Waals surface area contributed by atoms with E-state index in [2.05, 4.69) is 15.4 Å². The molecule has 4 saturated carbocycles. The number of hydrogen-bond donors (Lipinski definition) is 2. The van der Waals surface area contributed by atoms with Gasteiger partial charge in [0.2, 0.25) is 0 Å². The number of benzene rings is 1. The van der Waals surface area contributed by atoms with E-state index in [1.165, 1.54) is 44.6 Å². The Labute approximate surface area is 174 Å². The van der Waals surface area contributed by atoms with E-state index in [1.54, 1.807) is 0 Å². The lowest BCUT2D eigenvalue weighted by Gasteiger charge is -2.56. The zero-order valence-electron chi connectivity index (χ0n) is 16.3. The first-order valence-electron chi connectivity index (χ1n) is 9.98. The average Bonchev–Trinajstić information content (AvgIpc) is 2.64. The normalized spacial score (nSPS) is 29.2. The van der Waals surface area contributed by atoms with Crippen molar-refractivity contribution in [1.29, 1.82) is 0 Å². The SMILES string of the molecule is COC(=O)c1ccc(OCC(=O)NC(=O)NC23CC4CC(CC(C4)C2)C3)c(Cl)c1. The number of imide groups is 1. The minimum atomic E-state index is -0.555. The van der Waals surface area contributed by atoms with E-state index in [-0.39, 0.29) is 28.5 Å². The van der Waals surface area contributed by atoms with Crippen molar-refractivity contribution in [3.8, 4) is 5.75 Å². The van der Waals surface area contributed by atoms with Crippen LogP contribution < -0.4 is 15.4 Å². The van der Waals surface area contributed by atoms with E-state index in [4.69, 9.17) is 16.3 Å². The number of rotatable bonds is 5. The molecule has 0 aromatic heterocycles. The number of esters is 1. The maximum atomic E-state index is 12.4. The van der Waals surface area contributed by atoms with E-state index in [0.29, 0.717) is 17.8 Å². The second kappa shape index (κ2) is 7.86. The molecule has 4 aliphatic rings. The third kappa shape index (κ3) is 4.34. The summed E-state index contributed by atoms with van der Waals surface area (Å²) in [4.78, 5) is 36.0. The number of halogens is 1. The molecule has 0 saturated heterocycles. The number of carbonyl (C=O) groups excluding carboxylic acids is 3. The number of amides is 3. The maximum absolute atomic E-state index is 12.4. The van der Waals surface area contributed by atoms with Crippen molar-refractivity contribution in [2.45, 2.75) is 44.1 Å². The standard InChI is InChI=1S/C21H25ClN2O5/c1-28-19(26)15-2-3-17(16(22)7-15)29-11-18(25)23-20(27)24-21-8-12-4-13(9-21)6-14(5-12)10-21/h2-3,7,12-14H,4-6,8-11H2,1H3,(H2,23,24,25,27). The number of methoxy groups -OCH3 is 1. The molecule has 3 amide bonds. The fourth-order valence-electron chi connectivity index (χ4n) is 5.70. The number of carbonyl (C=O) groups is 3. The van der Waals surface area contributed by atoms with Crippen molar-refractivity contribution in [2.24, 2.45) is 17.8 Å². The van der Waals surface area contributed by atoms with Crippen molar-refractivity contribution in [1.82, 2.24) is 10.6 Å². The predicted molar refractivity (Wildman–Crippen MR) is 106 cm³/mol. The van der Waals surface area contributed by atoms with Crippen molar-refractivity contribution in [3.63, 3.8) is 0 Å². The largest absolute Gasteiger partial charge is 0.482 e. The Morgan fingerprint density at radius 1 is 1.10 bits per heavy atom. The highest BCUT2D eigenvalue weighted by atomic mass is 35.5. The molecule has 4 bridgehead atoms. The average molecular weight is 421 g/mol. The zero-order valence-corrected chi connectivity index (χ0v) is 17.1. The Balaban J connectivity index is 1.28.